The van der Waals surface area contributed by atoms with E-state index in [-0.39, 0.29) is 0 Å². The Morgan fingerprint density at radius 3 is 2.41 bits per heavy atom. The maximum atomic E-state index is 10.1. The Kier molecular flexibility index (Phi) is 4.32. The summed E-state index contributed by atoms with van der Waals surface area (Å²) < 4.78 is 2.11. The number of phenols is 1. The first-order valence-corrected chi connectivity index (χ1v) is 9.68. The van der Waals surface area contributed by atoms with E-state index in [1.807, 2.05) is 58.2 Å². The van der Waals surface area contributed by atoms with Gasteiger partial charge < -0.3 is 9.67 Å². The zero-order chi connectivity index (χ0) is 19.1. The average molecular weight is 375 g/mol. The third-order valence-electron chi connectivity index (χ3n) is 4.70. The third kappa shape index (κ3) is 3.15. The molecule has 2 aromatic carbocycles. The predicted octanol–water partition coefficient (Wildman–Crippen LogP) is 5.25. The van der Waals surface area contributed by atoms with Gasteiger partial charge in [-0.2, -0.15) is 0 Å². The van der Waals surface area contributed by atoms with Gasteiger partial charge in [0.2, 0.25) is 0 Å². The third-order valence-corrected chi connectivity index (χ3v) is 5.70. The Morgan fingerprint density at radius 1 is 1.07 bits per heavy atom. The number of aromatic hydroxyl groups is 1. The standard InChI is InChI=1S/C22H21N3OS/c1-13-9-16(10-14(2)20(13)26)11-17(22-23-15(3)12-27-22)21-24-18-7-5-6-8-19(18)25(21)4/h5-12,26H,1-4H3/b17-11+. The summed E-state index contributed by atoms with van der Waals surface area (Å²) in [5, 5.41) is 13.1. The molecule has 0 saturated heterocycles. The minimum absolute atomic E-state index is 0.349. The van der Waals surface area contributed by atoms with Gasteiger partial charge in [-0.3, -0.25) is 0 Å². The van der Waals surface area contributed by atoms with Crippen molar-refractivity contribution in [2.24, 2.45) is 7.05 Å². The molecule has 27 heavy (non-hydrogen) atoms. The number of thiazole rings is 1. The molecule has 0 spiro atoms. The van der Waals surface area contributed by atoms with E-state index in [1.54, 1.807) is 11.3 Å². The van der Waals surface area contributed by atoms with Crippen molar-refractivity contribution < 1.29 is 5.11 Å². The van der Waals surface area contributed by atoms with Crippen molar-refractivity contribution in [2.75, 3.05) is 0 Å². The average Bonchev–Trinajstić information content (AvgIpc) is 3.22. The van der Waals surface area contributed by atoms with E-state index in [1.165, 1.54) is 0 Å². The summed E-state index contributed by atoms with van der Waals surface area (Å²) in [6.45, 7) is 5.84. The number of nitrogens with zero attached hydrogens (tertiary/aromatic N) is 3. The number of para-hydroxylation sites is 2. The maximum absolute atomic E-state index is 10.1. The number of rotatable bonds is 3. The molecule has 4 rings (SSSR count). The molecule has 0 aliphatic carbocycles. The fraction of sp³-hybridized carbons (Fsp3) is 0.182. The Balaban J connectivity index is 1.96. The Labute approximate surface area is 162 Å². The van der Waals surface area contributed by atoms with Gasteiger partial charge in [-0.25, -0.2) is 9.97 Å². The summed E-state index contributed by atoms with van der Waals surface area (Å²) in [5.41, 5.74) is 6.78. The quantitative estimate of drug-likeness (QED) is 0.532. The largest absolute Gasteiger partial charge is 0.507 e. The fourth-order valence-electron chi connectivity index (χ4n) is 3.33. The highest BCUT2D eigenvalue weighted by Crippen LogP contribution is 2.32. The lowest BCUT2D eigenvalue weighted by Gasteiger charge is -2.08. The number of imidazole rings is 1. The summed E-state index contributed by atoms with van der Waals surface area (Å²) in [6, 6.07) is 12.1. The zero-order valence-corrected chi connectivity index (χ0v) is 16.6. The van der Waals surface area contributed by atoms with Crippen LogP contribution in [0.25, 0.3) is 22.7 Å². The number of aryl methyl sites for hydroxylation is 4. The van der Waals surface area contributed by atoms with Crippen LogP contribution in [0.15, 0.2) is 41.8 Å². The van der Waals surface area contributed by atoms with E-state index in [0.29, 0.717) is 5.75 Å². The van der Waals surface area contributed by atoms with Crippen LogP contribution < -0.4 is 0 Å². The second-order valence-corrected chi connectivity index (χ2v) is 7.70. The van der Waals surface area contributed by atoms with E-state index in [2.05, 4.69) is 22.1 Å². The van der Waals surface area contributed by atoms with Crippen LogP contribution in [0.5, 0.6) is 5.75 Å². The SMILES string of the molecule is Cc1csc(/C(=C/c2cc(C)c(O)c(C)c2)c2nc3ccccc3n2C)n1. The molecular formula is C22H21N3OS. The lowest BCUT2D eigenvalue weighted by molar-refractivity contribution is 0.467. The van der Waals surface area contributed by atoms with Crippen LogP contribution in [0.2, 0.25) is 0 Å². The molecule has 0 fully saturated rings. The van der Waals surface area contributed by atoms with Crippen LogP contribution in [0.1, 0.15) is 33.2 Å². The molecule has 0 aliphatic heterocycles. The van der Waals surface area contributed by atoms with Gasteiger partial charge >= 0.3 is 0 Å². The minimum Gasteiger partial charge on any atom is -0.507 e. The summed E-state index contributed by atoms with van der Waals surface area (Å²) in [5.74, 6) is 1.23. The molecule has 1 N–H and O–H groups in total. The molecule has 4 nitrogen and oxygen atoms in total. The predicted molar refractivity (Wildman–Crippen MR) is 112 cm³/mol. The first-order chi connectivity index (χ1) is 12.9. The molecular weight excluding hydrogens is 354 g/mol. The molecule has 0 atom stereocenters. The highest BCUT2D eigenvalue weighted by Gasteiger charge is 2.17. The Morgan fingerprint density at radius 2 is 1.78 bits per heavy atom. The molecule has 0 saturated carbocycles. The van der Waals surface area contributed by atoms with Crippen molar-refractivity contribution in [2.45, 2.75) is 20.8 Å². The molecule has 4 aromatic rings. The van der Waals surface area contributed by atoms with Crippen molar-refractivity contribution in [3.63, 3.8) is 0 Å². The van der Waals surface area contributed by atoms with Gasteiger partial charge in [0.25, 0.3) is 0 Å². The number of hydrogen-bond donors (Lipinski definition) is 1. The van der Waals surface area contributed by atoms with E-state index < -0.39 is 0 Å². The summed E-state index contributed by atoms with van der Waals surface area (Å²) in [6.07, 6.45) is 2.11. The summed E-state index contributed by atoms with van der Waals surface area (Å²) in [4.78, 5) is 9.57. The summed E-state index contributed by atoms with van der Waals surface area (Å²) in [7, 11) is 2.03. The second-order valence-electron chi connectivity index (χ2n) is 6.84. The molecule has 2 aromatic heterocycles. The van der Waals surface area contributed by atoms with Gasteiger partial charge in [0.05, 0.1) is 16.6 Å². The number of phenolic OH excluding ortho intramolecular Hbond substituents is 1. The van der Waals surface area contributed by atoms with E-state index in [9.17, 15) is 5.11 Å². The van der Waals surface area contributed by atoms with Crippen LogP contribution in [-0.4, -0.2) is 19.6 Å². The van der Waals surface area contributed by atoms with Crippen molar-refractivity contribution in [1.82, 2.24) is 14.5 Å². The van der Waals surface area contributed by atoms with Gasteiger partial charge in [0.1, 0.15) is 16.6 Å². The Bertz CT molecular complexity index is 1160. The zero-order valence-electron chi connectivity index (χ0n) is 15.8. The maximum Gasteiger partial charge on any atom is 0.143 e. The molecule has 0 bridgehead atoms. The minimum atomic E-state index is 0.349. The number of fused-ring (bicyclic) bond motifs is 1. The first kappa shape index (κ1) is 17.5. The second kappa shape index (κ2) is 6.67. The molecule has 0 aliphatic rings. The van der Waals surface area contributed by atoms with Crippen LogP contribution in [-0.2, 0) is 7.05 Å². The van der Waals surface area contributed by atoms with Gasteiger partial charge in [0.15, 0.2) is 0 Å². The molecule has 0 amide bonds. The van der Waals surface area contributed by atoms with Crippen molar-refractivity contribution >= 4 is 34.0 Å². The summed E-state index contributed by atoms with van der Waals surface area (Å²) >= 11 is 1.62. The molecule has 0 unspecified atom stereocenters. The highest BCUT2D eigenvalue weighted by molar-refractivity contribution is 7.11. The van der Waals surface area contributed by atoms with Gasteiger partial charge in [-0.05, 0) is 67.8 Å². The lowest BCUT2D eigenvalue weighted by atomic mass is 10.0. The van der Waals surface area contributed by atoms with Gasteiger partial charge in [0, 0.05) is 18.1 Å². The normalized spacial score (nSPS) is 12.1. The Hall–Kier alpha value is -2.92. The molecule has 5 heteroatoms. The van der Waals surface area contributed by atoms with Crippen molar-refractivity contribution in [1.29, 1.82) is 0 Å². The van der Waals surface area contributed by atoms with Crippen molar-refractivity contribution in [3.8, 4) is 5.75 Å². The van der Waals surface area contributed by atoms with Crippen LogP contribution >= 0.6 is 11.3 Å². The fourth-order valence-corrected chi connectivity index (χ4v) is 4.13. The number of hydrogen-bond acceptors (Lipinski definition) is 4. The van der Waals surface area contributed by atoms with Crippen LogP contribution in [0.3, 0.4) is 0 Å². The van der Waals surface area contributed by atoms with Crippen LogP contribution in [0, 0.1) is 20.8 Å². The monoisotopic (exact) mass is 375 g/mol. The first-order valence-electron chi connectivity index (χ1n) is 8.80. The van der Waals surface area contributed by atoms with Crippen LogP contribution in [0.4, 0.5) is 0 Å². The van der Waals surface area contributed by atoms with E-state index in [4.69, 9.17) is 9.97 Å². The van der Waals surface area contributed by atoms with Crippen molar-refractivity contribution in [3.05, 3.63) is 75.0 Å². The van der Waals surface area contributed by atoms with Gasteiger partial charge in [-0.1, -0.05) is 12.1 Å². The molecule has 0 radical (unpaired) electrons. The van der Waals surface area contributed by atoms with Gasteiger partial charge in [-0.15, -0.1) is 11.3 Å². The molecule has 136 valence electrons. The number of benzene rings is 2. The topological polar surface area (TPSA) is 50.9 Å². The number of aromatic nitrogens is 3. The lowest BCUT2D eigenvalue weighted by Crippen LogP contribution is -1.99. The smallest absolute Gasteiger partial charge is 0.143 e. The highest BCUT2D eigenvalue weighted by atomic mass is 32.1. The van der Waals surface area contributed by atoms with E-state index >= 15 is 0 Å². The molecule has 2 heterocycles. The van der Waals surface area contributed by atoms with E-state index in [0.717, 1.165) is 49.8 Å².